The Labute approximate surface area is 93.9 Å². The van der Waals surface area contributed by atoms with Gasteiger partial charge in [-0.15, -0.1) is 11.3 Å². The number of thiophene rings is 1. The van der Waals surface area contributed by atoms with Crippen LogP contribution in [0.25, 0.3) is 0 Å². The predicted molar refractivity (Wildman–Crippen MR) is 62.1 cm³/mol. The van der Waals surface area contributed by atoms with Crippen molar-refractivity contribution in [1.82, 2.24) is 10.2 Å². The molecule has 0 amide bonds. The van der Waals surface area contributed by atoms with E-state index in [-0.39, 0.29) is 0 Å². The summed E-state index contributed by atoms with van der Waals surface area (Å²) in [7, 11) is 0. The van der Waals surface area contributed by atoms with Crippen LogP contribution in [0.1, 0.15) is 11.8 Å². The monoisotopic (exact) mass is 230 g/mol. The molecule has 0 aliphatic carbocycles. The lowest BCUT2D eigenvalue weighted by molar-refractivity contribution is 0.201. The third-order valence-corrected chi connectivity index (χ3v) is 3.88. The molecule has 0 bridgehead atoms. The average molecular weight is 231 g/mol. The van der Waals surface area contributed by atoms with Gasteiger partial charge >= 0.3 is 0 Å². The fraction of sp³-hybridized carbons (Fsp3) is 0.600. The summed E-state index contributed by atoms with van der Waals surface area (Å²) in [6, 6.07) is 2.58. The van der Waals surface area contributed by atoms with Gasteiger partial charge < -0.3 is 5.32 Å². The van der Waals surface area contributed by atoms with Crippen LogP contribution in [-0.2, 0) is 6.54 Å². The van der Waals surface area contributed by atoms with Gasteiger partial charge in [0.1, 0.15) is 0 Å². The van der Waals surface area contributed by atoms with Crippen molar-refractivity contribution in [3.8, 4) is 0 Å². The molecule has 14 heavy (non-hydrogen) atoms. The number of nitrogens with zero attached hydrogens (tertiary/aromatic N) is 1. The molecule has 1 aliphatic rings. The minimum Gasteiger partial charge on any atom is -0.312 e. The highest BCUT2D eigenvalue weighted by atomic mass is 35.5. The summed E-state index contributed by atoms with van der Waals surface area (Å²) < 4.78 is 0. The van der Waals surface area contributed by atoms with E-state index in [1.165, 1.54) is 4.88 Å². The van der Waals surface area contributed by atoms with Gasteiger partial charge in [-0.05, 0) is 18.4 Å². The van der Waals surface area contributed by atoms with E-state index in [2.05, 4.69) is 22.5 Å². The standard InChI is InChI=1S/C10H15ClN2S/c1-8-6-13(4-3-12-8)7-10-9(11)2-5-14-10/h2,5,8,12H,3-4,6-7H2,1H3/t8-/m1/s1. The molecule has 78 valence electrons. The molecule has 1 aromatic rings. The zero-order valence-corrected chi connectivity index (χ0v) is 9.87. The van der Waals surface area contributed by atoms with Gasteiger partial charge in [0.25, 0.3) is 0 Å². The molecule has 2 nitrogen and oxygen atoms in total. The first kappa shape index (κ1) is 10.4. The molecular weight excluding hydrogens is 216 g/mol. The molecule has 1 atom stereocenters. The van der Waals surface area contributed by atoms with Crippen molar-refractivity contribution in [2.24, 2.45) is 0 Å². The second-order valence-corrected chi connectivity index (χ2v) is 5.19. The zero-order valence-electron chi connectivity index (χ0n) is 8.29. The second kappa shape index (κ2) is 4.62. The van der Waals surface area contributed by atoms with Crippen molar-refractivity contribution in [2.45, 2.75) is 19.5 Å². The van der Waals surface area contributed by atoms with Gasteiger partial charge in [-0.25, -0.2) is 0 Å². The summed E-state index contributed by atoms with van der Waals surface area (Å²) in [6.07, 6.45) is 0. The molecule has 1 aromatic heterocycles. The van der Waals surface area contributed by atoms with Crippen LogP contribution in [0.5, 0.6) is 0 Å². The Bertz CT molecular complexity index is 300. The highest BCUT2D eigenvalue weighted by Gasteiger charge is 2.16. The van der Waals surface area contributed by atoms with Gasteiger partial charge in [0.15, 0.2) is 0 Å². The van der Waals surface area contributed by atoms with Crippen LogP contribution in [0.15, 0.2) is 11.4 Å². The molecule has 0 radical (unpaired) electrons. The van der Waals surface area contributed by atoms with E-state index in [4.69, 9.17) is 11.6 Å². The topological polar surface area (TPSA) is 15.3 Å². The Kier molecular flexibility index (Phi) is 3.44. The Hall–Kier alpha value is -0.0900. The maximum atomic E-state index is 6.06. The summed E-state index contributed by atoms with van der Waals surface area (Å²) >= 11 is 7.81. The van der Waals surface area contributed by atoms with E-state index in [0.717, 1.165) is 31.2 Å². The van der Waals surface area contributed by atoms with Gasteiger partial charge in [0.05, 0.1) is 5.02 Å². The molecule has 0 unspecified atom stereocenters. The van der Waals surface area contributed by atoms with Crippen LogP contribution in [-0.4, -0.2) is 30.6 Å². The maximum absolute atomic E-state index is 6.06. The fourth-order valence-electron chi connectivity index (χ4n) is 1.80. The first-order valence-corrected chi connectivity index (χ1v) is 6.19. The molecule has 0 saturated carbocycles. The summed E-state index contributed by atoms with van der Waals surface area (Å²) in [4.78, 5) is 3.75. The van der Waals surface area contributed by atoms with Crippen molar-refractivity contribution >= 4 is 22.9 Å². The SMILES string of the molecule is C[C@@H]1CN(Cc2sccc2Cl)CCN1. The van der Waals surface area contributed by atoms with Crippen molar-refractivity contribution < 1.29 is 0 Å². The fourth-order valence-corrected chi connectivity index (χ4v) is 2.93. The van der Waals surface area contributed by atoms with Crippen LogP contribution in [0.3, 0.4) is 0 Å². The lowest BCUT2D eigenvalue weighted by Gasteiger charge is -2.31. The van der Waals surface area contributed by atoms with Gasteiger partial charge in [0.2, 0.25) is 0 Å². The Morgan fingerprint density at radius 1 is 1.71 bits per heavy atom. The summed E-state index contributed by atoms with van der Waals surface area (Å²) in [5.74, 6) is 0. The summed E-state index contributed by atoms with van der Waals surface area (Å²) in [6.45, 7) is 6.56. The highest BCUT2D eigenvalue weighted by molar-refractivity contribution is 7.10. The smallest absolute Gasteiger partial charge is 0.0558 e. The molecule has 1 aliphatic heterocycles. The van der Waals surface area contributed by atoms with Gasteiger partial charge in [-0.1, -0.05) is 11.6 Å². The van der Waals surface area contributed by atoms with Crippen LogP contribution in [0.4, 0.5) is 0 Å². The molecule has 2 heterocycles. The molecule has 1 fully saturated rings. The lowest BCUT2D eigenvalue weighted by atomic mass is 10.2. The quantitative estimate of drug-likeness (QED) is 0.838. The predicted octanol–water partition coefficient (Wildman–Crippen LogP) is 2.20. The van der Waals surface area contributed by atoms with Crippen molar-refractivity contribution in [2.75, 3.05) is 19.6 Å². The van der Waals surface area contributed by atoms with Crippen LogP contribution < -0.4 is 5.32 Å². The second-order valence-electron chi connectivity index (χ2n) is 3.78. The first-order valence-electron chi connectivity index (χ1n) is 4.93. The minimum atomic E-state index is 0.600. The van der Waals surface area contributed by atoms with Crippen LogP contribution in [0.2, 0.25) is 5.02 Å². The molecule has 1 saturated heterocycles. The average Bonchev–Trinajstić information content (AvgIpc) is 2.52. The third kappa shape index (κ3) is 2.48. The Morgan fingerprint density at radius 2 is 2.57 bits per heavy atom. The van der Waals surface area contributed by atoms with Crippen LogP contribution in [0, 0.1) is 0 Å². The highest BCUT2D eigenvalue weighted by Crippen LogP contribution is 2.23. The van der Waals surface area contributed by atoms with E-state index in [1.807, 2.05) is 6.07 Å². The van der Waals surface area contributed by atoms with Crippen molar-refractivity contribution in [3.05, 3.63) is 21.3 Å². The van der Waals surface area contributed by atoms with Crippen molar-refractivity contribution in [3.63, 3.8) is 0 Å². The van der Waals surface area contributed by atoms with Gasteiger partial charge in [-0.2, -0.15) is 0 Å². The van der Waals surface area contributed by atoms with E-state index >= 15 is 0 Å². The number of piperazine rings is 1. The number of halogens is 1. The molecule has 1 N–H and O–H groups in total. The Morgan fingerprint density at radius 3 is 3.21 bits per heavy atom. The molecule has 0 aromatic carbocycles. The van der Waals surface area contributed by atoms with Crippen LogP contribution >= 0.6 is 22.9 Å². The normalized spacial score (nSPS) is 24.0. The number of hydrogen-bond acceptors (Lipinski definition) is 3. The number of nitrogens with one attached hydrogen (secondary N) is 1. The van der Waals surface area contributed by atoms with Crippen molar-refractivity contribution in [1.29, 1.82) is 0 Å². The number of hydrogen-bond donors (Lipinski definition) is 1. The minimum absolute atomic E-state index is 0.600. The largest absolute Gasteiger partial charge is 0.312 e. The number of rotatable bonds is 2. The summed E-state index contributed by atoms with van der Waals surface area (Å²) in [5, 5.41) is 6.41. The molecule has 2 rings (SSSR count). The maximum Gasteiger partial charge on any atom is 0.0558 e. The van der Waals surface area contributed by atoms with Gasteiger partial charge in [0, 0.05) is 37.1 Å². The lowest BCUT2D eigenvalue weighted by Crippen LogP contribution is -2.48. The van der Waals surface area contributed by atoms with E-state index in [1.54, 1.807) is 11.3 Å². The summed E-state index contributed by atoms with van der Waals surface area (Å²) in [5.41, 5.74) is 0. The molecule has 4 heteroatoms. The third-order valence-electron chi connectivity index (χ3n) is 2.51. The van der Waals surface area contributed by atoms with Gasteiger partial charge in [-0.3, -0.25) is 4.90 Å². The van der Waals surface area contributed by atoms with E-state index in [0.29, 0.717) is 6.04 Å². The molecular formula is C10H15ClN2S. The Balaban J connectivity index is 1.94. The van der Waals surface area contributed by atoms with E-state index < -0.39 is 0 Å². The zero-order chi connectivity index (χ0) is 9.97. The first-order chi connectivity index (χ1) is 6.75. The molecule has 0 spiro atoms. The van der Waals surface area contributed by atoms with E-state index in [9.17, 15) is 0 Å².